The van der Waals surface area contributed by atoms with Crippen molar-refractivity contribution < 1.29 is 9.47 Å². The van der Waals surface area contributed by atoms with Crippen LogP contribution < -0.4 is 0 Å². The third kappa shape index (κ3) is 2.14. The van der Waals surface area contributed by atoms with Crippen LogP contribution in [0, 0.1) is 20.8 Å². The molecule has 0 atom stereocenters. The normalized spacial score (nSPS) is 11.0. The number of methoxy groups -OCH3 is 2. The molecule has 78 valence electrons. The van der Waals surface area contributed by atoms with Crippen LogP contribution in [0.2, 0.25) is 0 Å². The van der Waals surface area contributed by atoms with E-state index in [0.717, 1.165) is 5.56 Å². The third-order valence-corrected chi connectivity index (χ3v) is 2.40. The molecule has 14 heavy (non-hydrogen) atoms. The van der Waals surface area contributed by atoms with Crippen molar-refractivity contribution in [2.75, 3.05) is 14.2 Å². The van der Waals surface area contributed by atoms with E-state index >= 15 is 0 Å². The van der Waals surface area contributed by atoms with E-state index in [2.05, 4.69) is 32.9 Å². The second-order valence-corrected chi connectivity index (χ2v) is 3.62. The van der Waals surface area contributed by atoms with Gasteiger partial charge in [0, 0.05) is 19.8 Å². The average Bonchev–Trinajstić information content (AvgIpc) is 2.10. The van der Waals surface area contributed by atoms with Crippen molar-refractivity contribution in [2.24, 2.45) is 0 Å². The molecule has 0 fully saturated rings. The minimum absolute atomic E-state index is 0.254. The standard InChI is InChI=1S/C12H18O2/c1-8-6-9(2)11(10(3)7-8)12(13-4)14-5/h6-7,12H,1-5H3. The lowest BCUT2D eigenvalue weighted by Gasteiger charge is -2.19. The molecule has 2 nitrogen and oxygen atoms in total. The smallest absolute Gasteiger partial charge is 0.183 e. The first kappa shape index (κ1) is 11.2. The number of rotatable bonds is 3. The average molecular weight is 194 g/mol. The molecule has 0 aliphatic heterocycles. The number of aryl methyl sites for hydroxylation is 3. The molecule has 0 amide bonds. The summed E-state index contributed by atoms with van der Waals surface area (Å²) in [6.45, 7) is 6.26. The van der Waals surface area contributed by atoms with Crippen molar-refractivity contribution in [1.29, 1.82) is 0 Å². The van der Waals surface area contributed by atoms with Gasteiger partial charge < -0.3 is 9.47 Å². The molecule has 0 radical (unpaired) electrons. The van der Waals surface area contributed by atoms with Gasteiger partial charge in [-0.2, -0.15) is 0 Å². The van der Waals surface area contributed by atoms with E-state index in [1.165, 1.54) is 16.7 Å². The molecular weight excluding hydrogens is 176 g/mol. The molecule has 0 unspecified atom stereocenters. The van der Waals surface area contributed by atoms with Crippen LogP contribution in [0.15, 0.2) is 12.1 Å². The molecule has 0 N–H and O–H groups in total. The van der Waals surface area contributed by atoms with Crippen LogP contribution in [-0.4, -0.2) is 14.2 Å². The summed E-state index contributed by atoms with van der Waals surface area (Å²) < 4.78 is 10.5. The predicted molar refractivity (Wildman–Crippen MR) is 57.4 cm³/mol. The zero-order valence-electron chi connectivity index (χ0n) is 9.55. The lowest BCUT2D eigenvalue weighted by Crippen LogP contribution is -2.08. The fraction of sp³-hybridized carbons (Fsp3) is 0.500. The molecular formula is C12H18O2. The fourth-order valence-corrected chi connectivity index (χ4v) is 1.89. The van der Waals surface area contributed by atoms with E-state index in [1.54, 1.807) is 14.2 Å². The fourth-order valence-electron chi connectivity index (χ4n) is 1.89. The highest BCUT2D eigenvalue weighted by Crippen LogP contribution is 2.25. The first-order valence-corrected chi connectivity index (χ1v) is 4.73. The summed E-state index contributed by atoms with van der Waals surface area (Å²) in [4.78, 5) is 0. The number of hydrogen-bond donors (Lipinski definition) is 0. The van der Waals surface area contributed by atoms with Crippen LogP contribution >= 0.6 is 0 Å². The predicted octanol–water partition coefficient (Wildman–Crippen LogP) is 2.90. The number of hydrogen-bond acceptors (Lipinski definition) is 2. The molecule has 0 saturated heterocycles. The Labute approximate surface area is 85.8 Å². The first-order chi connectivity index (χ1) is 6.60. The van der Waals surface area contributed by atoms with Gasteiger partial charge in [0.05, 0.1) is 0 Å². The van der Waals surface area contributed by atoms with Gasteiger partial charge in [-0.1, -0.05) is 17.7 Å². The van der Waals surface area contributed by atoms with Crippen molar-refractivity contribution in [3.63, 3.8) is 0 Å². The van der Waals surface area contributed by atoms with Gasteiger partial charge in [-0.05, 0) is 31.9 Å². The van der Waals surface area contributed by atoms with Crippen LogP contribution in [0.1, 0.15) is 28.5 Å². The Hall–Kier alpha value is -0.860. The van der Waals surface area contributed by atoms with Gasteiger partial charge in [0.1, 0.15) is 0 Å². The minimum Gasteiger partial charge on any atom is -0.352 e. The third-order valence-electron chi connectivity index (χ3n) is 2.40. The van der Waals surface area contributed by atoms with E-state index in [4.69, 9.17) is 9.47 Å². The number of benzene rings is 1. The minimum atomic E-state index is -0.254. The second-order valence-electron chi connectivity index (χ2n) is 3.62. The van der Waals surface area contributed by atoms with Crippen LogP contribution in [0.25, 0.3) is 0 Å². The lowest BCUT2D eigenvalue weighted by molar-refractivity contribution is -0.106. The molecule has 0 bridgehead atoms. The monoisotopic (exact) mass is 194 g/mol. The highest BCUT2D eigenvalue weighted by molar-refractivity contribution is 5.38. The Morgan fingerprint density at radius 3 is 1.71 bits per heavy atom. The van der Waals surface area contributed by atoms with E-state index in [1.807, 2.05) is 0 Å². The van der Waals surface area contributed by atoms with Gasteiger partial charge in [0.2, 0.25) is 0 Å². The van der Waals surface area contributed by atoms with E-state index in [9.17, 15) is 0 Å². The van der Waals surface area contributed by atoms with Crippen LogP contribution in [-0.2, 0) is 9.47 Å². The molecule has 0 aliphatic rings. The zero-order chi connectivity index (χ0) is 10.7. The summed E-state index contributed by atoms with van der Waals surface area (Å²) in [5, 5.41) is 0. The summed E-state index contributed by atoms with van der Waals surface area (Å²) >= 11 is 0. The maximum absolute atomic E-state index is 5.26. The molecule has 0 aliphatic carbocycles. The maximum atomic E-state index is 5.26. The highest BCUT2D eigenvalue weighted by atomic mass is 16.7. The summed E-state index contributed by atoms with van der Waals surface area (Å²) in [6, 6.07) is 4.29. The molecule has 1 rings (SSSR count). The van der Waals surface area contributed by atoms with Gasteiger partial charge >= 0.3 is 0 Å². The quantitative estimate of drug-likeness (QED) is 0.689. The summed E-state index contributed by atoms with van der Waals surface area (Å²) in [5.41, 5.74) is 4.85. The van der Waals surface area contributed by atoms with E-state index in [-0.39, 0.29) is 6.29 Å². The summed E-state index contributed by atoms with van der Waals surface area (Å²) in [5.74, 6) is 0. The van der Waals surface area contributed by atoms with Crippen molar-refractivity contribution >= 4 is 0 Å². The molecule has 1 aromatic carbocycles. The van der Waals surface area contributed by atoms with Gasteiger partial charge in [-0.25, -0.2) is 0 Å². The summed E-state index contributed by atoms with van der Waals surface area (Å²) in [6.07, 6.45) is -0.254. The van der Waals surface area contributed by atoms with Crippen LogP contribution in [0.5, 0.6) is 0 Å². The van der Waals surface area contributed by atoms with Crippen molar-refractivity contribution in [1.82, 2.24) is 0 Å². The first-order valence-electron chi connectivity index (χ1n) is 4.73. The molecule has 0 spiro atoms. The van der Waals surface area contributed by atoms with Gasteiger partial charge in [0.15, 0.2) is 6.29 Å². The molecule has 1 aromatic rings. The Morgan fingerprint density at radius 2 is 1.36 bits per heavy atom. The van der Waals surface area contributed by atoms with Crippen molar-refractivity contribution in [3.05, 3.63) is 34.4 Å². The Balaban J connectivity index is 3.19. The van der Waals surface area contributed by atoms with Crippen LogP contribution in [0.4, 0.5) is 0 Å². The molecule has 0 aromatic heterocycles. The molecule has 2 heteroatoms. The largest absolute Gasteiger partial charge is 0.352 e. The van der Waals surface area contributed by atoms with E-state index < -0.39 is 0 Å². The Kier molecular flexibility index (Phi) is 3.67. The Morgan fingerprint density at radius 1 is 0.929 bits per heavy atom. The highest BCUT2D eigenvalue weighted by Gasteiger charge is 2.14. The lowest BCUT2D eigenvalue weighted by atomic mass is 9.99. The van der Waals surface area contributed by atoms with Crippen molar-refractivity contribution in [3.8, 4) is 0 Å². The summed E-state index contributed by atoms with van der Waals surface area (Å²) in [7, 11) is 3.32. The number of ether oxygens (including phenoxy) is 2. The SMILES string of the molecule is COC(OC)c1c(C)cc(C)cc1C. The molecule has 0 saturated carbocycles. The topological polar surface area (TPSA) is 18.5 Å². The van der Waals surface area contributed by atoms with Gasteiger partial charge in [-0.3, -0.25) is 0 Å². The Bertz CT molecular complexity index is 291. The molecule has 0 heterocycles. The van der Waals surface area contributed by atoms with Crippen LogP contribution in [0.3, 0.4) is 0 Å². The van der Waals surface area contributed by atoms with Gasteiger partial charge in [0.25, 0.3) is 0 Å². The zero-order valence-corrected chi connectivity index (χ0v) is 9.55. The van der Waals surface area contributed by atoms with Gasteiger partial charge in [-0.15, -0.1) is 0 Å². The van der Waals surface area contributed by atoms with Crippen molar-refractivity contribution in [2.45, 2.75) is 27.1 Å². The van der Waals surface area contributed by atoms with E-state index in [0.29, 0.717) is 0 Å². The maximum Gasteiger partial charge on any atom is 0.183 e. The second kappa shape index (κ2) is 4.58.